The van der Waals surface area contributed by atoms with Gasteiger partial charge in [-0.15, -0.1) is 4.40 Å². The molecule has 182 valence electrons. The van der Waals surface area contributed by atoms with Crippen LogP contribution in [-0.2, 0) is 16.6 Å². The Morgan fingerprint density at radius 2 is 1.97 bits per heavy atom. The Morgan fingerprint density at radius 3 is 2.63 bits per heavy atom. The number of fused-ring (bicyclic) bond motifs is 2. The third kappa shape index (κ3) is 3.76. The Kier molecular flexibility index (Phi) is 5.21. The molecule has 1 aliphatic carbocycles. The molecule has 0 bridgehead atoms. The fraction of sp³-hybridized carbons (Fsp3) is 0.238. The third-order valence-corrected chi connectivity index (χ3v) is 7.63. The van der Waals surface area contributed by atoms with Gasteiger partial charge in [0.25, 0.3) is 15.6 Å². The number of nitro benzene ring substituents is 1. The number of phenols is 1. The molecule has 0 amide bonds. The highest BCUT2D eigenvalue weighted by atomic mass is 35.5. The third-order valence-electron chi connectivity index (χ3n) is 5.99. The van der Waals surface area contributed by atoms with Crippen LogP contribution in [0.2, 0.25) is 5.02 Å². The number of nitrogens with zero attached hydrogens (tertiary/aromatic N) is 3. The average Bonchev–Trinajstić information content (AvgIpc) is 3.60. The first-order valence-corrected chi connectivity index (χ1v) is 12.2. The lowest BCUT2D eigenvalue weighted by atomic mass is 10.1. The van der Waals surface area contributed by atoms with Gasteiger partial charge in [0.2, 0.25) is 5.75 Å². The second kappa shape index (κ2) is 7.92. The van der Waals surface area contributed by atoms with Crippen LogP contribution in [-0.4, -0.2) is 34.0 Å². The van der Waals surface area contributed by atoms with Crippen LogP contribution >= 0.6 is 11.6 Å². The summed E-state index contributed by atoms with van der Waals surface area (Å²) >= 11 is 6.07. The fourth-order valence-corrected chi connectivity index (χ4v) is 5.63. The number of sulfonamides is 1. The van der Waals surface area contributed by atoms with Gasteiger partial charge in [0.05, 0.1) is 21.2 Å². The average molecular weight is 523 g/mol. The van der Waals surface area contributed by atoms with Gasteiger partial charge >= 0.3 is 5.69 Å². The van der Waals surface area contributed by atoms with Crippen molar-refractivity contribution < 1.29 is 27.9 Å². The first-order valence-electron chi connectivity index (χ1n) is 10.4. The monoisotopic (exact) mass is 522 g/mol. The second-order valence-corrected chi connectivity index (χ2v) is 10.2. The zero-order valence-electron chi connectivity index (χ0n) is 17.7. The summed E-state index contributed by atoms with van der Waals surface area (Å²) in [6.07, 6.45) is 2.69. The second-order valence-electron chi connectivity index (χ2n) is 8.30. The van der Waals surface area contributed by atoms with E-state index in [2.05, 4.69) is 9.71 Å². The van der Waals surface area contributed by atoms with Crippen molar-refractivity contribution in [2.75, 3.05) is 5.32 Å². The van der Waals surface area contributed by atoms with Crippen LogP contribution in [0.15, 0.2) is 38.4 Å². The lowest BCUT2D eigenvalue weighted by Gasteiger charge is -2.22. The number of aromatic nitrogens is 1. The summed E-state index contributed by atoms with van der Waals surface area (Å²) in [5.41, 5.74) is -2.49. The number of nitrogens with one attached hydrogen (secondary N) is 1. The highest BCUT2D eigenvalue weighted by Crippen LogP contribution is 2.46. The zero-order chi connectivity index (χ0) is 25.2. The van der Waals surface area contributed by atoms with Gasteiger partial charge in [0.1, 0.15) is 17.1 Å². The predicted octanol–water partition coefficient (Wildman–Crippen LogP) is 3.47. The molecule has 0 atom stereocenters. The number of anilines is 1. The van der Waals surface area contributed by atoms with E-state index in [1.54, 1.807) is 0 Å². The number of hydrogen-bond donors (Lipinski definition) is 3. The van der Waals surface area contributed by atoms with E-state index in [0.717, 1.165) is 31.0 Å². The maximum Gasteiger partial charge on any atom is 0.313 e. The Bertz CT molecular complexity index is 1650. The van der Waals surface area contributed by atoms with Gasteiger partial charge in [-0.1, -0.05) is 24.4 Å². The van der Waals surface area contributed by atoms with Crippen molar-refractivity contribution in [3.63, 3.8) is 0 Å². The summed E-state index contributed by atoms with van der Waals surface area (Å²) in [6, 6.07) is 4.24. The van der Waals surface area contributed by atoms with E-state index in [9.17, 15) is 37.9 Å². The van der Waals surface area contributed by atoms with Crippen molar-refractivity contribution in [3.05, 3.63) is 61.1 Å². The number of pyridine rings is 1. The van der Waals surface area contributed by atoms with Crippen LogP contribution in [0, 0.1) is 21.8 Å². The number of halogens is 2. The highest BCUT2D eigenvalue weighted by molar-refractivity contribution is 7.90. The first kappa shape index (κ1) is 23.1. The SMILES string of the molecule is O=c1c(C2=NS(=O)(=O)c3c(O)c([N+](=O)[O-])cc(Cl)c3N2)c(O)c2cc(F)ccc2n1CCC1CC1. The summed E-state index contributed by atoms with van der Waals surface area (Å²) in [7, 11) is -4.82. The largest absolute Gasteiger partial charge is 0.506 e. The Morgan fingerprint density at radius 1 is 1.26 bits per heavy atom. The van der Waals surface area contributed by atoms with Gasteiger partial charge < -0.3 is 20.1 Å². The number of hydrogen-bond acceptors (Lipinski definition) is 8. The number of amidine groups is 1. The minimum absolute atomic E-state index is 0.0410. The zero-order valence-corrected chi connectivity index (χ0v) is 19.2. The number of benzene rings is 2. The molecule has 1 aromatic heterocycles. The van der Waals surface area contributed by atoms with E-state index in [-0.39, 0.29) is 17.4 Å². The predicted molar refractivity (Wildman–Crippen MR) is 124 cm³/mol. The van der Waals surface area contributed by atoms with Crippen molar-refractivity contribution in [1.82, 2.24) is 4.57 Å². The van der Waals surface area contributed by atoms with Crippen molar-refractivity contribution in [2.24, 2.45) is 10.3 Å². The Hall–Kier alpha value is -3.71. The number of nitro groups is 1. The normalized spacial score (nSPS) is 16.5. The molecule has 3 N–H and O–H groups in total. The van der Waals surface area contributed by atoms with Crippen LogP contribution in [0.1, 0.15) is 24.8 Å². The summed E-state index contributed by atoms with van der Waals surface area (Å²) < 4.78 is 44.7. The van der Waals surface area contributed by atoms with Crippen molar-refractivity contribution in [2.45, 2.75) is 30.7 Å². The summed E-state index contributed by atoms with van der Waals surface area (Å²) in [5.74, 6) is -2.77. The van der Waals surface area contributed by atoms with Crippen molar-refractivity contribution in [3.8, 4) is 11.5 Å². The van der Waals surface area contributed by atoms with Gasteiger partial charge in [0, 0.05) is 18.0 Å². The lowest BCUT2D eigenvalue weighted by molar-refractivity contribution is -0.386. The van der Waals surface area contributed by atoms with Gasteiger partial charge in [-0.3, -0.25) is 14.9 Å². The molecule has 5 rings (SSSR count). The number of aryl methyl sites for hydroxylation is 1. The summed E-state index contributed by atoms with van der Waals surface area (Å²) in [5, 5.41) is 34.3. The fourth-order valence-electron chi connectivity index (χ4n) is 4.09. The molecular formula is C21H16ClFN4O7S. The topological polar surface area (TPSA) is 164 Å². The molecule has 1 fully saturated rings. The molecule has 14 heteroatoms. The van der Waals surface area contributed by atoms with E-state index in [0.29, 0.717) is 12.3 Å². The van der Waals surface area contributed by atoms with Gasteiger partial charge in [-0.25, -0.2) is 4.39 Å². The van der Waals surface area contributed by atoms with Crippen LogP contribution in [0.4, 0.5) is 15.8 Å². The molecule has 2 aliphatic rings. The minimum atomic E-state index is -4.82. The number of aromatic hydroxyl groups is 2. The summed E-state index contributed by atoms with van der Waals surface area (Å²) in [6.45, 7) is 0.239. The van der Waals surface area contributed by atoms with Crippen LogP contribution in [0.3, 0.4) is 0 Å². The van der Waals surface area contributed by atoms with Crippen molar-refractivity contribution >= 4 is 49.7 Å². The Labute approximate surface area is 201 Å². The molecule has 1 aliphatic heterocycles. The molecule has 0 unspecified atom stereocenters. The maximum absolute atomic E-state index is 14.0. The van der Waals surface area contributed by atoms with Crippen LogP contribution in [0.25, 0.3) is 10.9 Å². The quantitative estimate of drug-likeness (QED) is 0.338. The Balaban J connectivity index is 1.75. The van der Waals surface area contributed by atoms with Gasteiger partial charge in [0.15, 0.2) is 10.7 Å². The summed E-state index contributed by atoms with van der Waals surface area (Å²) in [4.78, 5) is 22.7. The molecule has 2 heterocycles. The molecule has 11 nitrogen and oxygen atoms in total. The molecule has 0 saturated heterocycles. The number of phenolic OH excluding ortho intramolecular Hbond substituents is 1. The molecule has 3 aromatic rings. The molecular weight excluding hydrogens is 507 g/mol. The first-order chi connectivity index (χ1) is 16.5. The number of rotatable bonds is 5. The maximum atomic E-state index is 14.0. The standard InChI is InChI=1S/C21H16ClFN4O7S/c22-12-8-14(27(31)32)18(29)19-16(12)24-20(25-35(19,33)34)15-17(28)11-7-10(23)3-4-13(11)26(21(15)30)6-5-9-1-2-9/h3-4,7-9,28-29H,1-2,5-6H2,(H,24,25). The highest BCUT2D eigenvalue weighted by Gasteiger charge is 2.37. The van der Waals surface area contributed by atoms with E-state index >= 15 is 0 Å². The van der Waals surface area contributed by atoms with Gasteiger partial charge in [-0.2, -0.15) is 8.42 Å². The molecule has 0 spiro atoms. The van der Waals surface area contributed by atoms with Crippen LogP contribution < -0.4 is 10.9 Å². The minimum Gasteiger partial charge on any atom is -0.506 e. The van der Waals surface area contributed by atoms with E-state index < -0.39 is 70.5 Å². The molecule has 0 radical (unpaired) electrons. The van der Waals surface area contributed by atoms with E-state index in [1.807, 2.05) is 0 Å². The molecule has 2 aromatic carbocycles. The van der Waals surface area contributed by atoms with E-state index in [1.165, 1.54) is 10.6 Å². The van der Waals surface area contributed by atoms with Gasteiger partial charge in [-0.05, 0) is 30.5 Å². The molecule has 1 saturated carbocycles. The lowest BCUT2D eigenvalue weighted by Crippen LogP contribution is -2.33. The molecule has 35 heavy (non-hydrogen) atoms. The van der Waals surface area contributed by atoms with Crippen LogP contribution in [0.5, 0.6) is 11.5 Å². The van der Waals surface area contributed by atoms with Crippen molar-refractivity contribution in [1.29, 1.82) is 0 Å². The smallest absolute Gasteiger partial charge is 0.313 e. The van der Waals surface area contributed by atoms with E-state index in [4.69, 9.17) is 11.6 Å².